The highest BCUT2D eigenvalue weighted by molar-refractivity contribution is 6.92. The molecule has 0 aromatic heterocycles. The zero-order valence-electron chi connectivity index (χ0n) is 62.4. The SMILES string of the molecule is CC(C)[Si](C#Cc1ccc2cc3c(cc2c1)C1OO[C@@H]3c2cc3cc(C#C[Si](C(C)C)(C(C)C)C(C)C)ccc3cc21)(C(C)C)C(C)C.CC(C)[Si](C#Cc1ccc2cc3cc4cc5cc(C#C[Si](C(C)C)(C(C)C)C(C)C)ccc5cc4cc3cc2c1)(C(C)C)C(C)C.O=O. The van der Waals surface area contributed by atoms with Gasteiger partial charge in [0.05, 0.1) is 0 Å². The lowest BCUT2D eigenvalue weighted by Crippen LogP contribution is -2.43. The molecule has 0 N–H and O–H groups in total. The van der Waals surface area contributed by atoms with Crippen molar-refractivity contribution in [1.82, 2.24) is 0 Å². The average molecular weight is 1340 g/mol. The molecule has 2 aliphatic heterocycles. The third-order valence-electron chi connectivity index (χ3n) is 23.3. The third-order valence-corrected chi connectivity index (χ3v) is 48.5. The second-order valence-corrected chi connectivity index (χ2v) is 54.3. The molecule has 2 heterocycles. The van der Waals surface area contributed by atoms with Crippen molar-refractivity contribution in [3.05, 3.63) is 188 Å². The Morgan fingerprint density at radius 3 is 0.583 bits per heavy atom. The third kappa shape index (κ3) is 13.6. The largest absolute Gasteiger partial charge is 0.223 e. The number of benzene rings is 9. The summed E-state index contributed by atoms with van der Waals surface area (Å²) in [6.45, 7) is 57.1. The molecule has 9 aromatic rings. The molecule has 3 aliphatic rings. The number of hydrogen-bond acceptors (Lipinski definition) is 4. The maximum Gasteiger partial charge on any atom is 0.146 e. The van der Waals surface area contributed by atoms with Crippen LogP contribution >= 0.6 is 0 Å². The van der Waals surface area contributed by atoms with Gasteiger partial charge in [0.2, 0.25) is 0 Å². The first-order chi connectivity index (χ1) is 45.4. The fourth-order valence-electron chi connectivity index (χ4n) is 18.5. The second kappa shape index (κ2) is 29.3. The van der Waals surface area contributed by atoms with Crippen LogP contribution in [-0.2, 0) is 9.78 Å². The smallest absolute Gasteiger partial charge is 0.146 e. The van der Waals surface area contributed by atoms with E-state index in [1.165, 1.54) is 86.9 Å². The van der Waals surface area contributed by atoms with Gasteiger partial charge >= 0.3 is 0 Å². The van der Waals surface area contributed by atoms with E-state index in [0.717, 1.165) is 22.3 Å². The summed E-state index contributed by atoms with van der Waals surface area (Å²) in [5, 5.41) is 15.0. The number of hydrogen-bond donors (Lipinski definition) is 0. The Morgan fingerprint density at radius 1 is 0.229 bits per heavy atom. The summed E-state index contributed by atoms with van der Waals surface area (Å²) < 4.78 is 0. The number of fused-ring (bicyclic) bond motifs is 7. The minimum absolute atomic E-state index is 0.249. The molecule has 0 amide bonds. The summed E-state index contributed by atoms with van der Waals surface area (Å²) in [4.78, 5) is 26.1. The predicted molar refractivity (Wildman–Crippen MR) is 429 cm³/mol. The normalized spacial score (nSPS) is 14.8. The van der Waals surface area contributed by atoms with E-state index in [4.69, 9.17) is 19.7 Å². The van der Waals surface area contributed by atoms with Crippen molar-refractivity contribution in [1.29, 1.82) is 0 Å². The zero-order chi connectivity index (χ0) is 70.3. The van der Waals surface area contributed by atoms with Crippen molar-refractivity contribution in [3.8, 4) is 45.9 Å². The lowest BCUT2D eigenvalue weighted by molar-refractivity contribution is -0.360. The molecule has 96 heavy (non-hydrogen) atoms. The molecule has 12 rings (SSSR count). The van der Waals surface area contributed by atoms with Crippen LogP contribution in [-0.4, -0.2) is 32.3 Å². The average Bonchev–Trinajstić information content (AvgIpc) is 0.719. The maximum absolute atomic E-state index is 7.00. The van der Waals surface area contributed by atoms with Crippen molar-refractivity contribution >= 4 is 96.9 Å². The van der Waals surface area contributed by atoms with Crippen LogP contribution in [0, 0.1) is 55.8 Å². The molecule has 0 fully saturated rings. The van der Waals surface area contributed by atoms with Gasteiger partial charge < -0.3 is 0 Å². The highest BCUT2D eigenvalue weighted by Crippen LogP contribution is 2.52. The Morgan fingerprint density at radius 2 is 0.385 bits per heavy atom. The van der Waals surface area contributed by atoms with E-state index in [0.29, 0.717) is 66.5 Å². The molecule has 2 bridgehead atoms. The molecule has 8 heteroatoms. The predicted octanol–water partition coefficient (Wildman–Crippen LogP) is 26.1. The van der Waals surface area contributed by atoms with Gasteiger partial charge in [-0.25, -0.2) is 9.78 Å². The van der Waals surface area contributed by atoms with Gasteiger partial charge in [0.25, 0.3) is 0 Å². The van der Waals surface area contributed by atoms with Crippen molar-refractivity contribution in [2.24, 2.45) is 0 Å². The molecule has 0 saturated heterocycles. The topological polar surface area (TPSA) is 52.6 Å². The molecule has 9 aromatic carbocycles. The fourth-order valence-corrected chi connectivity index (χ4v) is 39.4. The van der Waals surface area contributed by atoms with E-state index in [-0.39, 0.29) is 12.2 Å². The van der Waals surface area contributed by atoms with Gasteiger partial charge in [-0.3, -0.25) is 0 Å². The summed E-state index contributed by atoms with van der Waals surface area (Å²) >= 11 is 0. The van der Waals surface area contributed by atoms with Crippen LogP contribution in [0.5, 0.6) is 0 Å². The van der Waals surface area contributed by atoms with Crippen LogP contribution in [0.15, 0.2) is 133 Å². The first kappa shape index (κ1) is 73.4. The van der Waals surface area contributed by atoms with Gasteiger partial charge in [0, 0.05) is 32.2 Å². The van der Waals surface area contributed by atoms with E-state index in [1.807, 2.05) is 0 Å². The Kier molecular flexibility index (Phi) is 22.4. The highest BCUT2D eigenvalue weighted by Gasteiger charge is 2.46. The van der Waals surface area contributed by atoms with Crippen LogP contribution in [0.4, 0.5) is 0 Å². The Balaban J connectivity index is 0.000000220. The molecule has 2 atom stereocenters. The van der Waals surface area contributed by atoms with Crippen molar-refractivity contribution < 1.29 is 9.78 Å². The lowest BCUT2D eigenvalue weighted by atomic mass is 9.79. The first-order valence-corrected chi connectivity index (χ1v) is 44.9. The van der Waals surface area contributed by atoms with Crippen molar-refractivity contribution in [2.45, 2.75) is 245 Å². The number of rotatable bonds is 12. The summed E-state index contributed by atoms with van der Waals surface area (Å²) in [7, 11) is -7.16. The fraction of sp³-hybridized carbons (Fsp3) is 0.432. The van der Waals surface area contributed by atoms with Gasteiger partial charge in [-0.2, -0.15) is 0 Å². The van der Waals surface area contributed by atoms with E-state index in [2.05, 4.69) is 345 Å². The monoisotopic (exact) mass is 1340 g/mol. The van der Waals surface area contributed by atoms with E-state index < -0.39 is 32.3 Å². The van der Waals surface area contributed by atoms with Gasteiger partial charge in [-0.05, 0) is 263 Å². The minimum Gasteiger partial charge on any atom is -0.223 e. The summed E-state index contributed by atoms with van der Waals surface area (Å²) in [6.07, 6.45) is -0.499. The van der Waals surface area contributed by atoms with E-state index in [9.17, 15) is 0 Å². The Bertz CT molecular complexity index is 4270. The quantitative estimate of drug-likeness (QED) is 0.0529. The first-order valence-electron chi connectivity index (χ1n) is 36.0. The van der Waals surface area contributed by atoms with Crippen LogP contribution in [0.25, 0.3) is 64.6 Å². The molecule has 500 valence electrons. The maximum atomic E-state index is 7.00. The van der Waals surface area contributed by atoms with Crippen molar-refractivity contribution in [3.63, 3.8) is 0 Å². The molecule has 1 aliphatic carbocycles. The summed E-state index contributed by atoms with van der Waals surface area (Å²) in [6, 6.07) is 50.3. The molecule has 0 spiro atoms. The Hall–Kier alpha value is -6.83. The van der Waals surface area contributed by atoms with Gasteiger partial charge in [-0.15, -0.1) is 22.2 Å². The van der Waals surface area contributed by atoms with E-state index in [1.54, 1.807) is 0 Å². The molecule has 4 nitrogen and oxygen atoms in total. The standard InChI is InChI=1S/C44H54O2Si2.C44H54Si2.O2/c1-27(2)47(28(3)4,29(5)6)19-17-33-13-15-35-23-39-41(25-37(35)21-33)43-40-24-36-16-14-34(22-38(36)26-42(40)44(39)46-45-43)18-20-48(30(7)8,31(9)10)32(11)12;1-29(2)45(30(3)4,31(5)6)19-17-35-13-15-37-23-41-28-44-26-40-22-36(18-20-46(32(7)8,33(9)10)34(11)12)14-16-38(40)24-42(44)27-43(41)25-39(37)21-35;1-2/h13-16,21-32,43-44H,1-12H3;13-16,21-34H,1-12H3;/t43-,44?;;/m0../s1. The molecular weight excluding hydrogens is 1230 g/mol. The zero-order valence-corrected chi connectivity index (χ0v) is 66.4. The van der Waals surface area contributed by atoms with E-state index >= 15 is 0 Å². The van der Waals surface area contributed by atoms with Crippen LogP contribution in [0.2, 0.25) is 66.5 Å². The van der Waals surface area contributed by atoms with Crippen LogP contribution in [0.3, 0.4) is 0 Å². The molecular formula is C88H108O4Si4. The second-order valence-electron chi connectivity index (χ2n) is 32.0. The molecule has 0 radical (unpaired) electrons. The van der Waals surface area contributed by atoms with Gasteiger partial charge in [-0.1, -0.05) is 214 Å². The summed E-state index contributed by atoms with van der Waals surface area (Å²) in [5.41, 5.74) is 32.4. The summed E-state index contributed by atoms with van der Waals surface area (Å²) in [5.74, 6) is 14.6. The van der Waals surface area contributed by atoms with Crippen LogP contribution in [0.1, 0.15) is 223 Å². The minimum atomic E-state index is -1.81. The lowest BCUT2D eigenvalue weighted by Gasteiger charge is -2.39. The van der Waals surface area contributed by atoms with Gasteiger partial charge in [0.15, 0.2) is 0 Å². The molecule has 0 saturated carbocycles. The Labute approximate surface area is 581 Å². The molecule has 1 unspecified atom stereocenters. The van der Waals surface area contributed by atoms with Crippen molar-refractivity contribution in [2.75, 3.05) is 0 Å². The van der Waals surface area contributed by atoms with Crippen LogP contribution < -0.4 is 0 Å². The van der Waals surface area contributed by atoms with Gasteiger partial charge in [0.1, 0.15) is 44.5 Å². The highest BCUT2D eigenvalue weighted by atomic mass is 28.3.